The van der Waals surface area contributed by atoms with Crippen molar-refractivity contribution in [3.63, 3.8) is 0 Å². The van der Waals surface area contributed by atoms with Gasteiger partial charge in [-0.15, -0.1) is 0 Å². The largest absolute Gasteiger partial charge is 0.390 e. The Hall–Kier alpha value is -0.0800. The molecule has 0 heterocycles. The van der Waals surface area contributed by atoms with Crippen molar-refractivity contribution >= 4 is 0 Å². The molecule has 0 saturated heterocycles. The Bertz CT molecular complexity index is 160. The van der Waals surface area contributed by atoms with E-state index in [0.717, 1.165) is 38.6 Å². The molecule has 0 aliphatic heterocycles. The van der Waals surface area contributed by atoms with Crippen molar-refractivity contribution in [1.29, 1.82) is 0 Å². The molecular weight excluding hydrogens is 174 g/mol. The molecule has 1 aliphatic carbocycles. The van der Waals surface area contributed by atoms with E-state index >= 15 is 0 Å². The van der Waals surface area contributed by atoms with E-state index in [4.69, 9.17) is 0 Å². The summed E-state index contributed by atoms with van der Waals surface area (Å²) in [6, 6.07) is 0.646. The number of nitrogens with one attached hydrogen (secondary N) is 1. The molecule has 84 valence electrons. The van der Waals surface area contributed by atoms with Gasteiger partial charge in [0.15, 0.2) is 0 Å². The van der Waals surface area contributed by atoms with Crippen molar-refractivity contribution in [3.8, 4) is 0 Å². The molecule has 0 bridgehead atoms. The van der Waals surface area contributed by atoms with Crippen molar-refractivity contribution in [2.24, 2.45) is 5.92 Å². The fourth-order valence-corrected chi connectivity index (χ4v) is 2.61. The van der Waals surface area contributed by atoms with Gasteiger partial charge in [0, 0.05) is 6.04 Å². The molecule has 0 aromatic carbocycles. The molecule has 0 amide bonds. The zero-order valence-corrected chi connectivity index (χ0v) is 9.84. The number of hydrogen-bond acceptors (Lipinski definition) is 2. The van der Waals surface area contributed by atoms with Gasteiger partial charge in [0.05, 0.1) is 5.60 Å². The molecule has 0 radical (unpaired) electrons. The van der Waals surface area contributed by atoms with E-state index in [2.05, 4.69) is 26.1 Å². The zero-order valence-electron chi connectivity index (χ0n) is 9.84. The lowest BCUT2D eigenvalue weighted by molar-refractivity contribution is -0.0205. The maximum atomic E-state index is 10.3. The van der Waals surface area contributed by atoms with Crippen molar-refractivity contribution in [1.82, 2.24) is 5.32 Å². The molecule has 0 aromatic heterocycles. The topological polar surface area (TPSA) is 32.3 Å². The highest BCUT2D eigenvalue weighted by molar-refractivity contribution is 4.88. The van der Waals surface area contributed by atoms with Crippen LogP contribution in [0.2, 0.25) is 0 Å². The Morgan fingerprint density at radius 2 is 1.93 bits per heavy atom. The fraction of sp³-hybridized carbons (Fsp3) is 1.00. The summed E-state index contributed by atoms with van der Waals surface area (Å²) in [7, 11) is 0. The lowest BCUT2D eigenvalue weighted by Crippen LogP contribution is -2.41. The van der Waals surface area contributed by atoms with Gasteiger partial charge in [0.25, 0.3) is 0 Å². The Morgan fingerprint density at radius 3 is 2.36 bits per heavy atom. The molecule has 1 aliphatic rings. The molecule has 0 atom stereocenters. The standard InChI is InChI=1S/C12H25NO/c1-4-13-11-5-7-12(14,8-6-11)9-10(2)3/h10-11,13-14H,4-9H2,1-3H3. The van der Waals surface area contributed by atoms with Crippen LogP contribution in [-0.2, 0) is 0 Å². The quantitative estimate of drug-likeness (QED) is 0.728. The van der Waals surface area contributed by atoms with E-state index in [1.807, 2.05) is 0 Å². The molecule has 0 spiro atoms. The van der Waals surface area contributed by atoms with Crippen molar-refractivity contribution < 1.29 is 5.11 Å². The van der Waals surface area contributed by atoms with Crippen LogP contribution in [0.15, 0.2) is 0 Å². The zero-order chi connectivity index (χ0) is 10.6. The van der Waals surface area contributed by atoms with Crippen LogP contribution in [-0.4, -0.2) is 23.3 Å². The summed E-state index contributed by atoms with van der Waals surface area (Å²) >= 11 is 0. The third-order valence-corrected chi connectivity index (χ3v) is 3.20. The highest BCUT2D eigenvalue weighted by Crippen LogP contribution is 2.33. The second kappa shape index (κ2) is 5.13. The van der Waals surface area contributed by atoms with E-state index < -0.39 is 0 Å². The smallest absolute Gasteiger partial charge is 0.0651 e. The van der Waals surface area contributed by atoms with E-state index in [9.17, 15) is 5.11 Å². The first-order chi connectivity index (χ1) is 6.56. The first-order valence-electron chi connectivity index (χ1n) is 6.01. The summed E-state index contributed by atoms with van der Waals surface area (Å²) in [6.07, 6.45) is 5.19. The number of rotatable bonds is 4. The SMILES string of the molecule is CCNC1CCC(O)(CC(C)C)CC1. The normalized spacial score (nSPS) is 33.6. The van der Waals surface area contributed by atoms with E-state index in [-0.39, 0.29) is 5.60 Å². The summed E-state index contributed by atoms with van der Waals surface area (Å²) < 4.78 is 0. The van der Waals surface area contributed by atoms with Crippen LogP contribution < -0.4 is 5.32 Å². The second-order valence-electron chi connectivity index (χ2n) is 5.15. The summed E-state index contributed by atoms with van der Waals surface area (Å²) in [5, 5.41) is 13.8. The van der Waals surface area contributed by atoms with Gasteiger partial charge in [-0.05, 0) is 44.6 Å². The molecule has 2 nitrogen and oxygen atoms in total. The highest BCUT2D eigenvalue weighted by Gasteiger charge is 2.33. The van der Waals surface area contributed by atoms with Gasteiger partial charge in [-0.25, -0.2) is 0 Å². The fourth-order valence-electron chi connectivity index (χ4n) is 2.61. The Labute approximate surface area is 88.1 Å². The van der Waals surface area contributed by atoms with Gasteiger partial charge in [-0.2, -0.15) is 0 Å². The summed E-state index contributed by atoms with van der Waals surface area (Å²) in [4.78, 5) is 0. The second-order valence-corrected chi connectivity index (χ2v) is 5.15. The van der Waals surface area contributed by atoms with Crippen LogP contribution in [0.3, 0.4) is 0 Å². The average molecular weight is 199 g/mol. The van der Waals surface area contributed by atoms with Crippen molar-refractivity contribution in [2.75, 3.05) is 6.54 Å². The van der Waals surface area contributed by atoms with E-state index in [1.165, 1.54) is 0 Å². The van der Waals surface area contributed by atoms with E-state index in [0.29, 0.717) is 12.0 Å². The molecule has 2 heteroatoms. The molecule has 14 heavy (non-hydrogen) atoms. The Morgan fingerprint density at radius 1 is 1.36 bits per heavy atom. The molecular formula is C12H25NO. The van der Waals surface area contributed by atoms with Gasteiger partial charge < -0.3 is 10.4 Å². The predicted molar refractivity (Wildman–Crippen MR) is 60.3 cm³/mol. The van der Waals surface area contributed by atoms with Gasteiger partial charge in [-0.3, -0.25) is 0 Å². The van der Waals surface area contributed by atoms with Gasteiger partial charge >= 0.3 is 0 Å². The summed E-state index contributed by atoms with van der Waals surface area (Å²) in [6.45, 7) is 7.57. The third-order valence-electron chi connectivity index (χ3n) is 3.20. The monoisotopic (exact) mass is 199 g/mol. The van der Waals surface area contributed by atoms with Gasteiger partial charge in [0.2, 0.25) is 0 Å². The first-order valence-corrected chi connectivity index (χ1v) is 6.01. The van der Waals surface area contributed by atoms with Crippen LogP contribution in [0, 0.1) is 5.92 Å². The molecule has 0 aromatic rings. The van der Waals surface area contributed by atoms with E-state index in [1.54, 1.807) is 0 Å². The van der Waals surface area contributed by atoms with Gasteiger partial charge in [-0.1, -0.05) is 20.8 Å². The third kappa shape index (κ3) is 3.58. The highest BCUT2D eigenvalue weighted by atomic mass is 16.3. The Kier molecular flexibility index (Phi) is 4.39. The maximum absolute atomic E-state index is 10.3. The average Bonchev–Trinajstić information content (AvgIpc) is 2.08. The molecule has 1 rings (SSSR count). The van der Waals surface area contributed by atoms with Gasteiger partial charge in [0.1, 0.15) is 0 Å². The number of aliphatic hydroxyl groups is 1. The molecule has 0 unspecified atom stereocenters. The van der Waals surface area contributed by atoms with Crippen molar-refractivity contribution in [3.05, 3.63) is 0 Å². The minimum absolute atomic E-state index is 0.361. The Balaban J connectivity index is 2.33. The first kappa shape index (κ1) is 12.0. The summed E-state index contributed by atoms with van der Waals surface area (Å²) in [5.41, 5.74) is -0.361. The summed E-state index contributed by atoms with van der Waals surface area (Å²) in [5.74, 6) is 0.607. The lowest BCUT2D eigenvalue weighted by atomic mass is 9.77. The van der Waals surface area contributed by atoms with Crippen LogP contribution in [0.5, 0.6) is 0 Å². The van der Waals surface area contributed by atoms with Crippen LogP contribution >= 0.6 is 0 Å². The number of hydrogen-bond donors (Lipinski definition) is 2. The van der Waals surface area contributed by atoms with Crippen LogP contribution in [0.4, 0.5) is 0 Å². The minimum Gasteiger partial charge on any atom is -0.390 e. The lowest BCUT2D eigenvalue weighted by Gasteiger charge is -2.37. The van der Waals surface area contributed by atoms with Crippen LogP contribution in [0.1, 0.15) is 52.9 Å². The molecule has 1 saturated carbocycles. The minimum atomic E-state index is -0.361. The molecule has 2 N–H and O–H groups in total. The molecule has 1 fully saturated rings. The van der Waals surface area contributed by atoms with Crippen LogP contribution in [0.25, 0.3) is 0 Å². The predicted octanol–water partition coefficient (Wildman–Crippen LogP) is 2.32. The maximum Gasteiger partial charge on any atom is 0.0651 e. The van der Waals surface area contributed by atoms with Crippen molar-refractivity contribution in [2.45, 2.75) is 64.5 Å².